The second-order valence-corrected chi connectivity index (χ2v) is 5.99. The van der Waals surface area contributed by atoms with Gasteiger partial charge in [-0.3, -0.25) is 23.9 Å². The molecule has 27 heavy (non-hydrogen) atoms. The van der Waals surface area contributed by atoms with E-state index in [0.717, 1.165) is 0 Å². The minimum Gasteiger partial charge on any atom is -0.326 e. The van der Waals surface area contributed by atoms with Gasteiger partial charge in [-0.25, -0.2) is 4.79 Å². The van der Waals surface area contributed by atoms with Crippen LogP contribution in [-0.2, 0) is 16.1 Å². The van der Waals surface area contributed by atoms with E-state index in [1.807, 2.05) is 0 Å². The average molecular weight is 366 g/mol. The molecule has 3 aromatic rings. The number of aryl methyl sites for hydroxylation is 1. The van der Waals surface area contributed by atoms with E-state index in [0.29, 0.717) is 22.3 Å². The third-order valence-electron chi connectivity index (χ3n) is 3.93. The van der Waals surface area contributed by atoms with Crippen LogP contribution in [0.4, 0.5) is 11.4 Å². The van der Waals surface area contributed by atoms with Gasteiger partial charge in [0.2, 0.25) is 11.8 Å². The Morgan fingerprint density at radius 2 is 1.70 bits per heavy atom. The number of benzene rings is 2. The maximum absolute atomic E-state index is 12.2. The maximum atomic E-state index is 12.2. The van der Waals surface area contributed by atoms with Crippen LogP contribution in [0.25, 0.3) is 10.9 Å². The van der Waals surface area contributed by atoms with E-state index in [4.69, 9.17) is 0 Å². The average Bonchev–Trinajstić information content (AvgIpc) is 2.61. The van der Waals surface area contributed by atoms with Crippen LogP contribution in [0.15, 0.2) is 58.1 Å². The monoisotopic (exact) mass is 366 g/mol. The third-order valence-corrected chi connectivity index (χ3v) is 3.93. The first kappa shape index (κ1) is 18.1. The smallest absolute Gasteiger partial charge is 0.326 e. The molecule has 0 aliphatic carbocycles. The first-order chi connectivity index (χ1) is 12.9. The molecule has 1 heterocycles. The van der Waals surface area contributed by atoms with Crippen LogP contribution in [0, 0.1) is 0 Å². The molecule has 1 aromatic heterocycles. The van der Waals surface area contributed by atoms with Crippen LogP contribution in [0.2, 0.25) is 0 Å². The molecule has 0 spiro atoms. The summed E-state index contributed by atoms with van der Waals surface area (Å²) in [7, 11) is 0. The fourth-order valence-corrected chi connectivity index (χ4v) is 2.78. The number of nitrogens with one attached hydrogen (secondary N) is 3. The predicted molar refractivity (Wildman–Crippen MR) is 103 cm³/mol. The van der Waals surface area contributed by atoms with Crippen LogP contribution in [0.5, 0.6) is 0 Å². The van der Waals surface area contributed by atoms with Crippen molar-refractivity contribution in [1.29, 1.82) is 0 Å². The second kappa shape index (κ2) is 7.69. The number of hydrogen-bond acceptors (Lipinski definition) is 4. The molecule has 0 aliphatic heterocycles. The lowest BCUT2D eigenvalue weighted by Crippen LogP contribution is -2.31. The Hall–Kier alpha value is -3.68. The number of hydrogen-bond donors (Lipinski definition) is 3. The highest BCUT2D eigenvalue weighted by Gasteiger charge is 2.09. The Morgan fingerprint density at radius 3 is 2.44 bits per heavy atom. The maximum Gasteiger partial charge on any atom is 0.328 e. The Balaban J connectivity index is 1.74. The van der Waals surface area contributed by atoms with Crippen LogP contribution in [0.3, 0.4) is 0 Å². The van der Waals surface area contributed by atoms with Gasteiger partial charge in [0, 0.05) is 31.3 Å². The Morgan fingerprint density at radius 1 is 1.00 bits per heavy atom. The second-order valence-electron chi connectivity index (χ2n) is 5.99. The van der Waals surface area contributed by atoms with E-state index in [-0.39, 0.29) is 24.8 Å². The highest BCUT2D eigenvalue weighted by atomic mass is 16.2. The van der Waals surface area contributed by atoms with Gasteiger partial charge in [0.15, 0.2) is 0 Å². The van der Waals surface area contributed by atoms with Gasteiger partial charge in [0.05, 0.1) is 10.9 Å². The summed E-state index contributed by atoms with van der Waals surface area (Å²) in [4.78, 5) is 49.6. The van der Waals surface area contributed by atoms with E-state index >= 15 is 0 Å². The molecule has 0 radical (unpaired) electrons. The summed E-state index contributed by atoms with van der Waals surface area (Å²) in [6.45, 7) is 1.52. The fourth-order valence-electron chi connectivity index (χ4n) is 2.78. The molecular weight excluding hydrogens is 348 g/mol. The number of para-hydroxylation sites is 1. The van der Waals surface area contributed by atoms with Gasteiger partial charge in [0.25, 0.3) is 5.56 Å². The number of aromatic nitrogens is 2. The van der Waals surface area contributed by atoms with Gasteiger partial charge in [-0.2, -0.15) is 0 Å². The lowest BCUT2D eigenvalue weighted by molar-refractivity contribution is -0.116. The molecule has 0 bridgehead atoms. The summed E-state index contributed by atoms with van der Waals surface area (Å²) >= 11 is 0. The number of carbonyl (C=O) groups excluding carboxylic acids is 2. The highest BCUT2D eigenvalue weighted by Crippen LogP contribution is 2.15. The lowest BCUT2D eigenvalue weighted by atomic mass is 10.2. The number of anilines is 2. The number of aromatic amines is 1. The van der Waals surface area contributed by atoms with Gasteiger partial charge in [-0.05, 0) is 30.3 Å². The molecule has 8 heteroatoms. The SMILES string of the molecule is CC(=O)Nc1cccc(NC(=O)CCn2c(=O)[nH]c(=O)c3ccccc32)c1. The molecule has 0 saturated heterocycles. The van der Waals surface area contributed by atoms with Crippen LogP contribution >= 0.6 is 0 Å². The van der Waals surface area contributed by atoms with E-state index < -0.39 is 11.2 Å². The predicted octanol–water partition coefficient (Wildman–Crippen LogP) is 1.68. The standard InChI is InChI=1S/C19H18N4O4/c1-12(24)20-13-5-4-6-14(11-13)21-17(25)9-10-23-16-8-3-2-7-15(16)18(26)22-19(23)27/h2-8,11H,9-10H2,1H3,(H,20,24)(H,21,25)(H,22,26,27). The Bertz CT molecular complexity index is 1130. The van der Waals surface area contributed by atoms with Crippen molar-refractivity contribution >= 4 is 34.1 Å². The van der Waals surface area contributed by atoms with Crippen molar-refractivity contribution in [3.05, 3.63) is 69.4 Å². The molecule has 0 fully saturated rings. The number of H-pyrrole nitrogens is 1. The van der Waals surface area contributed by atoms with Gasteiger partial charge < -0.3 is 10.6 Å². The van der Waals surface area contributed by atoms with Crippen LogP contribution in [0.1, 0.15) is 13.3 Å². The highest BCUT2D eigenvalue weighted by molar-refractivity contribution is 5.93. The van der Waals surface area contributed by atoms with E-state index in [1.54, 1.807) is 48.5 Å². The summed E-state index contributed by atoms with van der Waals surface area (Å²) in [5.41, 5.74) is 0.574. The van der Waals surface area contributed by atoms with E-state index in [9.17, 15) is 19.2 Å². The van der Waals surface area contributed by atoms with Crippen molar-refractivity contribution in [2.24, 2.45) is 0 Å². The normalized spacial score (nSPS) is 10.6. The number of rotatable bonds is 5. The third kappa shape index (κ3) is 4.30. The molecular formula is C19H18N4O4. The summed E-state index contributed by atoms with van der Waals surface area (Å²) in [6, 6.07) is 13.5. The minimum atomic E-state index is -0.556. The van der Waals surface area contributed by atoms with Crippen molar-refractivity contribution in [3.63, 3.8) is 0 Å². The largest absolute Gasteiger partial charge is 0.328 e. The first-order valence-corrected chi connectivity index (χ1v) is 8.33. The zero-order chi connectivity index (χ0) is 19.4. The molecule has 138 valence electrons. The van der Waals surface area contributed by atoms with Crippen molar-refractivity contribution < 1.29 is 9.59 Å². The number of nitrogens with zero attached hydrogens (tertiary/aromatic N) is 1. The topological polar surface area (TPSA) is 113 Å². The van der Waals surface area contributed by atoms with Crippen molar-refractivity contribution in [2.75, 3.05) is 10.6 Å². The Kier molecular flexibility index (Phi) is 5.16. The van der Waals surface area contributed by atoms with Gasteiger partial charge in [-0.15, -0.1) is 0 Å². The number of fused-ring (bicyclic) bond motifs is 1. The zero-order valence-electron chi connectivity index (χ0n) is 14.6. The summed E-state index contributed by atoms with van der Waals surface area (Å²) in [5, 5.41) is 5.76. The molecule has 3 rings (SSSR count). The molecule has 8 nitrogen and oxygen atoms in total. The van der Waals surface area contributed by atoms with Crippen molar-refractivity contribution in [3.8, 4) is 0 Å². The van der Waals surface area contributed by atoms with Gasteiger partial charge >= 0.3 is 5.69 Å². The molecule has 0 unspecified atom stereocenters. The van der Waals surface area contributed by atoms with E-state index in [1.165, 1.54) is 11.5 Å². The van der Waals surface area contributed by atoms with Crippen molar-refractivity contribution in [1.82, 2.24) is 9.55 Å². The molecule has 3 N–H and O–H groups in total. The molecule has 0 aliphatic rings. The van der Waals surface area contributed by atoms with Crippen LogP contribution < -0.4 is 21.9 Å². The number of carbonyl (C=O) groups is 2. The molecule has 2 amide bonds. The molecule has 0 atom stereocenters. The zero-order valence-corrected chi connectivity index (χ0v) is 14.6. The lowest BCUT2D eigenvalue weighted by Gasteiger charge is -2.10. The number of amides is 2. The van der Waals surface area contributed by atoms with Gasteiger partial charge in [0.1, 0.15) is 0 Å². The van der Waals surface area contributed by atoms with Crippen molar-refractivity contribution in [2.45, 2.75) is 19.9 Å². The Labute approximate surface area is 153 Å². The van der Waals surface area contributed by atoms with Gasteiger partial charge in [-0.1, -0.05) is 18.2 Å². The van der Waals surface area contributed by atoms with Crippen LogP contribution in [-0.4, -0.2) is 21.4 Å². The summed E-state index contributed by atoms with van der Waals surface area (Å²) in [6.07, 6.45) is 0.0420. The summed E-state index contributed by atoms with van der Waals surface area (Å²) < 4.78 is 1.37. The summed E-state index contributed by atoms with van der Waals surface area (Å²) in [5.74, 6) is -0.500. The minimum absolute atomic E-state index is 0.0420. The molecule has 2 aromatic carbocycles. The molecule has 0 saturated carbocycles. The van der Waals surface area contributed by atoms with E-state index in [2.05, 4.69) is 15.6 Å². The first-order valence-electron chi connectivity index (χ1n) is 8.33. The quantitative estimate of drug-likeness (QED) is 0.637. The fraction of sp³-hybridized carbons (Fsp3) is 0.158.